The van der Waals surface area contributed by atoms with Crippen LogP contribution in [0.3, 0.4) is 0 Å². The molecular formula is C25H27ClF2N6O. The number of nitrogens with zero attached hydrogens (tertiary/aromatic N) is 4. The monoisotopic (exact) mass is 500 g/mol. The maximum Gasteiger partial charge on any atom is 0.239 e. The quantitative estimate of drug-likeness (QED) is 0.538. The van der Waals surface area contributed by atoms with E-state index in [9.17, 15) is 13.6 Å². The zero-order valence-electron chi connectivity index (χ0n) is 19.4. The zero-order valence-corrected chi connectivity index (χ0v) is 20.2. The number of piperidine rings is 1. The summed E-state index contributed by atoms with van der Waals surface area (Å²) in [6.07, 6.45) is 3.49. The smallest absolute Gasteiger partial charge is 0.239 e. The normalized spacial score (nSPS) is 18.7. The van der Waals surface area contributed by atoms with Crippen molar-refractivity contribution in [3.05, 3.63) is 53.1 Å². The fourth-order valence-corrected chi connectivity index (χ4v) is 4.98. The Balaban J connectivity index is 1.37. The van der Waals surface area contributed by atoms with E-state index < -0.39 is 11.6 Å². The van der Waals surface area contributed by atoms with Gasteiger partial charge in [0.1, 0.15) is 17.5 Å². The molecule has 5 rings (SSSR count). The van der Waals surface area contributed by atoms with E-state index in [-0.39, 0.29) is 28.7 Å². The summed E-state index contributed by atoms with van der Waals surface area (Å²) in [5, 5.41) is 6.99. The van der Waals surface area contributed by atoms with Gasteiger partial charge in [-0.15, -0.1) is 0 Å². The molecule has 0 bridgehead atoms. The van der Waals surface area contributed by atoms with Crippen LogP contribution in [0, 0.1) is 11.6 Å². The molecule has 1 atom stereocenters. The lowest BCUT2D eigenvalue weighted by Gasteiger charge is -2.37. The van der Waals surface area contributed by atoms with Crippen LogP contribution in [-0.4, -0.2) is 59.5 Å². The molecule has 0 aliphatic carbocycles. The first-order valence-corrected chi connectivity index (χ1v) is 12.2. The Labute approximate surface area is 207 Å². The molecular weight excluding hydrogens is 474 g/mol. The van der Waals surface area contributed by atoms with Crippen LogP contribution in [0.4, 0.5) is 26.2 Å². The molecule has 0 unspecified atom stereocenters. The highest BCUT2D eigenvalue weighted by molar-refractivity contribution is 6.30. The molecule has 0 radical (unpaired) electrons. The van der Waals surface area contributed by atoms with Crippen LogP contribution in [-0.2, 0) is 4.79 Å². The van der Waals surface area contributed by atoms with E-state index >= 15 is 0 Å². The van der Waals surface area contributed by atoms with Gasteiger partial charge in [0, 0.05) is 36.6 Å². The van der Waals surface area contributed by atoms with Crippen molar-refractivity contribution in [1.29, 1.82) is 0 Å². The molecule has 2 N–H and O–H groups in total. The molecule has 7 nitrogen and oxygen atoms in total. The van der Waals surface area contributed by atoms with Crippen molar-refractivity contribution in [3.63, 3.8) is 0 Å². The number of benzene rings is 2. The highest BCUT2D eigenvalue weighted by atomic mass is 35.5. The van der Waals surface area contributed by atoms with E-state index in [1.807, 2.05) is 11.9 Å². The molecule has 35 heavy (non-hydrogen) atoms. The van der Waals surface area contributed by atoms with Crippen LogP contribution in [0.15, 0.2) is 36.4 Å². The molecule has 10 heteroatoms. The van der Waals surface area contributed by atoms with E-state index in [0.29, 0.717) is 35.8 Å². The maximum absolute atomic E-state index is 14.5. The number of halogens is 3. The largest absolute Gasteiger partial charge is 0.341 e. The van der Waals surface area contributed by atoms with Crippen molar-refractivity contribution < 1.29 is 13.6 Å². The fourth-order valence-electron chi connectivity index (χ4n) is 4.82. The van der Waals surface area contributed by atoms with Gasteiger partial charge in [-0.2, -0.15) is 4.98 Å². The third kappa shape index (κ3) is 5.01. The minimum Gasteiger partial charge on any atom is -0.341 e. The lowest BCUT2D eigenvalue weighted by atomic mass is 10.0. The number of amides is 1. The first-order chi connectivity index (χ1) is 16.9. The summed E-state index contributed by atoms with van der Waals surface area (Å²) in [7, 11) is 1.88. The highest BCUT2D eigenvalue weighted by Crippen LogP contribution is 2.30. The van der Waals surface area contributed by atoms with Crippen LogP contribution >= 0.6 is 11.6 Å². The topological polar surface area (TPSA) is 73.4 Å². The zero-order chi connectivity index (χ0) is 24.5. The fraction of sp³-hybridized carbons (Fsp3) is 0.400. The van der Waals surface area contributed by atoms with Gasteiger partial charge in [-0.1, -0.05) is 11.6 Å². The summed E-state index contributed by atoms with van der Waals surface area (Å²) in [4.78, 5) is 26.0. The Morgan fingerprint density at radius 1 is 1.14 bits per heavy atom. The third-order valence-corrected chi connectivity index (χ3v) is 7.07. The molecule has 2 fully saturated rings. The summed E-state index contributed by atoms with van der Waals surface area (Å²) in [5.41, 5.74) is 0.735. The Bertz CT molecular complexity index is 1240. The second kappa shape index (κ2) is 9.91. The SMILES string of the molecule is CN(C(=O)[C@@H]1CCCN1)C1CCN(c2nc(Nc3ccc(Cl)cc3F)c3cc(F)ccc3n2)CC1. The first kappa shape index (κ1) is 23.7. The van der Waals surface area contributed by atoms with Crippen LogP contribution in [0.2, 0.25) is 5.02 Å². The second-order valence-electron chi connectivity index (χ2n) is 9.10. The van der Waals surface area contributed by atoms with Gasteiger partial charge < -0.3 is 20.4 Å². The second-order valence-corrected chi connectivity index (χ2v) is 9.54. The number of carbonyl (C=O) groups excluding carboxylic acids is 1. The van der Waals surface area contributed by atoms with E-state index in [0.717, 1.165) is 32.2 Å². The van der Waals surface area contributed by atoms with Gasteiger partial charge in [-0.3, -0.25) is 4.79 Å². The molecule has 2 aliphatic rings. The van der Waals surface area contributed by atoms with Crippen LogP contribution in [0.5, 0.6) is 0 Å². The molecule has 0 saturated carbocycles. The first-order valence-electron chi connectivity index (χ1n) is 11.8. The highest BCUT2D eigenvalue weighted by Gasteiger charge is 2.31. The molecule has 1 aromatic heterocycles. The van der Waals surface area contributed by atoms with E-state index in [4.69, 9.17) is 11.6 Å². The number of hydrogen-bond acceptors (Lipinski definition) is 6. The van der Waals surface area contributed by atoms with Crippen molar-refractivity contribution in [1.82, 2.24) is 20.2 Å². The number of hydrogen-bond donors (Lipinski definition) is 2. The third-order valence-electron chi connectivity index (χ3n) is 6.83. The summed E-state index contributed by atoms with van der Waals surface area (Å²) in [6, 6.07) is 8.63. The average molecular weight is 501 g/mol. The van der Waals surface area contributed by atoms with Crippen molar-refractivity contribution in [2.24, 2.45) is 0 Å². The molecule has 2 aliphatic heterocycles. The van der Waals surface area contributed by atoms with Crippen molar-refractivity contribution in [3.8, 4) is 0 Å². The average Bonchev–Trinajstić information content (AvgIpc) is 3.40. The molecule has 3 heterocycles. The van der Waals surface area contributed by atoms with Crippen LogP contribution in [0.1, 0.15) is 25.7 Å². The number of aromatic nitrogens is 2. The summed E-state index contributed by atoms with van der Waals surface area (Å²) >= 11 is 5.88. The van der Waals surface area contributed by atoms with E-state index in [1.165, 1.54) is 24.3 Å². The standard InChI is InChI=1S/C25H27ClF2N6O/c1-33(24(35)22-3-2-10-29-22)17-8-11-34(12-9-17)25-31-20-7-5-16(27)14-18(20)23(32-25)30-21-6-4-15(26)13-19(21)28/h4-7,13-14,17,22,29H,2-3,8-12H2,1H3,(H,30,31,32)/t22-/m0/s1. The number of nitrogens with one attached hydrogen (secondary N) is 2. The molecule has 2 saturated heterocycles. The predicted molar refractivity (Wildman–Crippen MR) is 133 cm³/mol. The summed E-state index contributed by atoms with van der Waals surface area (Å²) < 4.78 is 28.5. The summed E-state index contributed by atoms with van der Waals surface area (Å²) in [5.74, 6) is -0.0223. The number of rotatable bonds is 5. The van der Waals surface area contributed by atoms with Gasteiger partial charge in [0.15, 0.2) is 0 Å². The van der Waals surface area contributed by atoms with Crippen LogP contribution in [0.25, 0.3) is 10.9 Å². The van der Waals surface area contributed by atoms with Gasteiger partial charge in [-0.25, -0.2) is 13.8 Å². The maximum atomic E-state index is 14.5. The molecule has 3 aromatic rings. The Hall–Kier alpha value is -3.04. The summed E-state index contributed by atoms with van der Waals surface area (Å²) in [6.45, 7) is 2.23. The lowest BCUT2D eigenvalue weighted by Crippen LogP contribution is -2.50. The number of carbonyl (C=O) groups is 1. The minimum absolute atomic E-state index is 0.0795. The van der Waals surface area contributed by atoms with Gasteiger partial charge in [0.05, 0.1) is 17.2 Å². The molecule has 2 aromatic carbocycles. The Morgan fingerprint density at radius 3 is 2.66 bits per heavy atom. The Morgan fingerprint density at radius 2 is 1.94 bits per heavy atom. The van der Waals surface area contributed by atoms with Gasteiger partial charge in [0.2, 0.25) is 11.9 Å². The predicted octanol–water partition coefficient (Wildman–Crippen LogP) is 4.48. The van der Waals surface area contributed by atoms with Crippen molar-refractivity contribution in [2.75, 3.05) is 36.9 Å². The van der Waals surface area contributed by atoms with E-state index in [2.05, 4.69) is 25.5 Å². The van der Waals surface area contributed by atoms with Crippen molar-refractivity contribution in [2.45, 2.75) is 37.8 Å². The number of fused-ring (bicyclic) bond motifs is 1. The van der Waals surface area contributed by atoms with Gasteiger partial charge in [-0.05, 0) is 68.6 Å². The lowest BCUT2D eigenvalue weighted by molar-refractivity contribution is -0.134. The van der Waals surface area contributed by atoms with Crippen LogP contribution < -0.4 is 15.5 Å². The van der Waals surface area contributed by atoms with Gasteiger partial charge in [0.25, 0.3) is 0 Å². The molecule has 1 amide bonds. The minimum atomic E-state index is -0.535. The Kier molecular flexibility index (Phi) is 6.71. The van der Waals surface area contributed by atoms with Crippen molar-refractivity contribution >= 4 is 45.9 Å². The number of anilines is 3. The van der Waals surface area contributed by atoms with Gasteiger partial charge >= 0.3 is 0 Å². The molecule has 184 valence electrons. The van der Waals surface area contributed by atoms with E-state index in [1.54, 1.807) is 12.1 Å². The molecule has 0 spiro atoms. The number of likely N-dealkylation sites (N-methyl/N-ethyl adjacent to an activating group) is 1.